The molecule has 0 atom stereocenters. The number of carbonyl (C=O) groups is 1. The molecule has 0 spiro atoms. The van der Waals surface area contributed by atoms with Gasteiger partial charge in [0.15, 0.2) is 11.0 Å². The van der Waals surface area contributed by atoms with Crippen LogP contribution in [-0.4, -0.2) is 21.0 Å². The van der Waals surface area contributed by atoms with Crippen molar-refractivity contribution in [2.75, 3.05) is 4.90 Å². The number of aromatic nitrogens is 1. The topological polar surface area (TPSA) is 102 Å². The van der Waals surface area contributed by atoms with Crippen LogP contribution in [0.15, 0.2) is 99.2 Å². The summed E-state index contributed by atoms with van der Waals surface area (Å²) in [7, 11) is 0. The van der Waals surface area contributed by atoms with Crippen LogP contribution in [0.2, 0.25) is 0 Å². The molecule has 0 aliphatic carbocycles. The van der Waals surface area contributed by atoms with Crippen LogP contribution in [0.4, 0.5) is 17.2 Å². The predicted molar refractivity (Wildman–Crippen MR) is 136 cm³/mol. The average Bonchev–Trinajstić information content (AvgIpc) is 3.44. The summed E-state index contributed by atoms with van der Waals surface area (Å²) in [5.41, 5.74) is 1.81. The zero-order chi connectivity index (χ0) is 24.4. The van der Waals surface area contributed by atoms with Crippen LogP contribution in [0.3, 0.4) is 0 Å². The highest BCUT2D eigenvalue weighted by Gasteiger charge is 2.35. The third-order valence-corrected chi connectivity index (χ3v) is 6.14. The van der Waals surface area contributed by atoms with Crippen molar-refractivity contribution in [1.82, 2.24) is 4.98 Å². The molecule has 1 aliphatic rings. The number of thioether (sulfide) groups is 1. The monoisotopic (exact) mass is 482 g/mol. The number of nitro benzene ring substituents is 1. The smallest absolute Gasteiger partial charge is 0.280 e. The molecule has 172 valence electrons. The molecule has 0 bridgehead atoms. The SMILES string of the molecule is Cc1cccc(/N=C2/S/C(=C/c3ccc(-c4ccccc4[N+](=O)[O-])o3)C(=O)N2c2ccccc2)n1. The molecule has 2 aromatic carbocycles. The Balaban J connectivity index is 1.52. The van der Waals surface area contributed by atoms with E-state index in [4.69, 9.17) is 4.42 Å². The second kappa shape index (κ2) is 9.40. The molecule has 0 radical (unpaired) electrons. The molecule has 1 aliphatic heterocycles. The fourth-order valence-electron chi connectivity index (χ4n) is 3.59. The normalized spacial score (nSPS) is 15.8. The number of aliphatic imine (C=N–C) groups is 1. The zero-order valence-corrected chi connectivity index (χ0v) is 19.3. The number of anilines is 1. The van der Waals surface area contributed by atoms with Gasteiger partial charge in [-0.2, -0.15) is 0 Å². The molecule has 9 heteroatoms. The van der Waals surface area contributed by atoms with Crippen molar-refractivity contribution in [2.45, 2.75) is 6.92 Å². The van der Waals surface area contributed by atoms with E-state index in [1.807, 2.05) is 49.4 Å². The third-order valence-electron chi connectivity index (χ3n) is 5.17. The Bertz CT molecular complexity index is 1490. The lowest BCUT2D eigenvalue weighted by Gasteiger charge is -2.15. The highest BCUT2D eigenvalue weighted by molar-refractivity contribution is 8.19. The Morgan fingerprint density at radius 2 is 1.77 bits per heavy atom. The van der Waals surface area contributed by atoms with Gasteiger partial charge in [0, 0.05) is 17.8 Å². The van der Waals surface area contributed by atoms with Crippen molar-refractivity contribution in [2.24, 2.45) is 4.99 Å². The van der Waals surface area contributed by atoms with Crippen LogP contribution in [0.25, 0.3) is 17.4 Å². The molecule has 8 nitrogen and oxygen atoms in total. The number of benzene rings is 2. The summed E-state index contributed by atoms with van der Waals surface area (Å²) < 4.78 is 5.86. The number of carbonyl (C=O) groups excluding carboxylic acids is 1. The fourth-order valence-corrected chi connectivity index (χ4v) is 4.56. The Morgan fingerprint density at radius 3 is 2.54 bits per heavy atom. The maximum absolute atomic E-state index is 13.4. The molecule has 0 unspecified atom stereocenters. The molecule has 35 heavy (non-hydrogen) atoms. The van der Waals surface area contributed by atoms with E-state index in [1.54, 1.807) is 42.5 Å². The van der Waals surface area contributed by atoms with E-state index in [-0.39, 0.29) is 11.6 Å². The van der Waals surface area contributed by atoms with E-state index in [0.717, 1.165) is 5.69 Å². The van der Waals surface area contributed by atoms with Crippen LogP contribution in [0.1, 0.15) is 11.5 Å². The van der Waals surface area contributed by atoms with Gasteiger partial charge in [0.05, 0.1) is 21.1 Å². The predicted octanol–water partition coefficient (Wildman–Crippen LogP) is 6.37. The number of furan rings is 1. The standard InChI is InChI=1S/C26H18N4O4S/c1-17-8-7-13-24(27-17)28-26-29(18-9-3-2-4-10-18)25(31)23(35-26)16-19-14-15-22(34-19)20-11-5-6-12-21(20)30(32)33/h2-16H,1H3/b23-16+,28-26+. The highest BCUT2D eigenvalue weighted by atomic mass is 32.2. The number of amidine groups is 1. The van der Waals surface area contributed by atoms with Gasteiger partial charge in [0.2, 0.25) is 0 Å². The molecule has 0 saturated carbocycles. The van der Waals surface area contributed by atoms with E-state index < -0.39 is 4.92 Å². The van der Waals surface area contributed by atoms with Crippen LogP contribution in [-0.2, 0) is 4.79 Å². The number of amides is 1. The van der Waals surface area contributed by atoms with Crippen LogP contribution >= 0.6 is 11.8 Å². The first-order chi connectivity index (χ1) is 17.0. The molecule has 4 aromatic rings. The van der Waals surface area contributed by atoms with Crippen molar-refractivity contribution in [3.05, 3.63) is 111 Å². The summed E-state index contributed by atoms with van der Waals surface area (Å²) in [5, 5.41) is 11.9. The minimum atomic E-state index is -0.452. The molecule has 1 fully saturated rings. The average molecular weight is 483 g/mol. The third kappa shape index (κ3) is 4.62. The number of hydrogen-bond donors (Lipinski definition) is 0. The van der Waals surface area contributed by atoms with Gasteiger partial charge >= 0.3 is 0 Å². The highest BCUT2D eigenvalue weighted by Crippen LogP contribution is 2.38. The van der Waals surface area contributed by atoms with Crippen LogP contribution < -0.4 is 4.90 Å². The van der Waals surface area contributed by atoms with Gasteiger partial charge < -0.3 is 4.42 Å². The first kappa shape index (κ1) is 22.3. The first-order valence-corrected chi connectivity index (χ1v) is 11.5. The fraction of sp³-hybridized carbons (Fsp3) is 0.0385. The summed E-state index contributed by atoms with van der Waals surface area (Å²) in [6, 6.07) is 24.4. The Hall–Kier alpha value is -4.50. The number of aryl methyl sites for hydroxylation is 1. The summed E-state index contributed by atoms with van der Waals surface area (Å²) in [5.74, 6) is 0.990. The summed E-state index contributed by atoms with van der Waals surface area (Å²) >= 11 is 1.21. The number of nitro groups is 1. The second-order valence-corrected chi connectivity index (χ2v) is 8.60. The Labute approximate surface area is 204 Å². The summed E-state index contributed by atoms with van der Waals surface area (Å²) in [4.78, 5) is 35.3. The van der Waals surface area contributed by atoms with Crippen molar-refractivity contribution < 1.29 is 14.1 Å². The van der Waals surface area contributed by atoms with Gasteiger partial charge in [-0.15, -0.1) is 0 Å². The minimum Gasteiger partial charge on any atom is -0.456 e. The van der Waals surface area contributed by atoms with Gasteiger partial charge in [0.25, 0.3) is 11.6 Å². The van der Waals surface area contributed by atoms with Crippen molar-refractivity contribution in [3.63, 3.8) is 0 Å². The van der Waals surface area contributed by atoms with Gasteiger partial charge in [-0.25, -0.2) is 9.98 Å². The van der Waals surface area contributed by atoms with Crippen molar-refractivity contribution in [1.29, 1.82) is 0 Å². The first-order valence-electron chi connectivity index (χ1n) is 10.6. The van der Waals surface area contributed by atoms with E-state index in [1.165, 1.54) is 22.7 Å². The molecule has 1 saturated heterocycles. The summed E-state index contributed by atoms with van der Waals surface area (Å²) in [6.07, 6.45) is 1.62. The summed E-state index contributed by atoms with van der Waals surface area (Å²) in [6.45, 7) is 1.88. The van der Waals surface area contributed by atoms with Gasteiger partial charge in [-0.05, 0) is 61.2 Å². The molecule has 1 amide bonds. The van der Waals surface area contributed by atoms with E-state index in [2.05, 4.69) is 9.98 Å². The van der Waals surface area contributed by atoms with Gasteiger partial charge in [-0.3, -0.25) is 19.8 Å². The lowest BCUT2D eigenvalue weighted by Crippen LogP contribution is -2.28. The van der Waals surface area contributed by atoms with Crippen molar-refractivity contribution in [3.8, 4) is 11.3 Å². The van der Waals surface area contributed by atoms with Gasteiger partial charge in [0.1, 0.15) is 11.5 Å². The Morgan fingerprint density at radius 1 is 1.00 bits per heavy atom. The lowest BCUT2D eigenvalue weighted by atomic mass is 10.1. The van der Waals surface area contributed by atoms with E-state index in [9.17, 15) is 14.9 Å². The maximum atomic E-state index is 13.4. The maximum Gasteiger partial charge on any atom is 0.280 e. The molecular formula is C26H18N4O4S. The number of hydrogen-bond acceptors (Lipinski definition) is 7. The number of para-hydroxylation sites is 2. The molecule has 3 heterocycles. The van der Waals surface area contributed by atoms with Gasteiger partial charge in [-0.1, -0.05) is 36.4 Å². The Kier molecular flexibility index (Phi) is 5.99. The van der Waals surface area contributed by atoms with Crippen LogP contribution in [0.5, 0.6) is 0 Å². The minimum absolute atomic E-state index is 0.0531. The number of rotatable bonds is 5. The molecule has 2 aromatic heterocycles. The zero-order valence-electron chi connectivity index (χ0n) is 18.5. The lowest BCUT2D eigenvalue weighted by molar-refractivity contribution is -0.384. The van der Waals surface area contributed by atoms with E-state index >= 15 is 0 Å². The van der Waals surface area contributed by atoms with Crippen LogP contribution in [0, 0.1) is 17.0 Å². The largest absolute Gasteiger partial charge is 0.456 e. The van der Waals surface area contributed by atoms with E-state index in [0.29, 0.717) is 38.7 Å². The molecular weight excluding hydrogens is 464 g/mol. The second-order valence-electron chi connectivity index (χ2n) is 7.59. The number of pyridine rings is 1. The molecule has 5 rings (SSSR count). The van der Waals surface area contributed by atoms with Crippen molar-refractivity contribution >= 4 is 46.1 Å². The quantitative estimate of drug-likeness (QED) is 0.186. The molecule has 0 N–H and O–H groups in total. The number of nitrogens with zero attached hydrogens (tertiary/aromatic N) is 4.